The first kappa shape index (κ1) is 17.2. The predicted molar refractivity (Wildman–Crippen MR) is 77.1 cm³/mol. The van der Waals surface area contributed by atoms with Gasteiger partial charge in [-0.15, -0.1) is 0 Å². The summed E-state index contributed by atoms with van der Waals surface area (Å²) in [4.78, 5) is 23.6. The van der Waals surface area contributed by atoms with Crippen molar-refractivity contribution in [1.82, 2.24) is 10.5 Å². The maximum Gasteiger partial charge on any atom is 0.217 e. The fraction of sp³-hybridized carbons (Fsp3) is 0.846. The summed E-state index contributed by atoms with van der Waals surface area (Å²) in [6.45, 7) is 8.30. The van der Waals surface area contributed by atoms with Gasteiger partial charge in [0.2, 0.25) is 5.91 Å². The van der Waals surface area contributed by atoms with Crippen LogP contribution in [0.4, 0.5) is 0 Å². The molecule has 0 aliphatic heterocycles. The highest BCUT2D eigenvalue weighted by Gasteiger charge is 2.32. The topological polar surface area (TPSA) is 58.2 Å². The molecule has 4 nitrogen and oxygen atoms in total. The van der Waals surface area contributed by atoms with E-state index in [1.165, 1.54) is 6.92 Å². The van der Waals surface area contributed by atoms with Gasteiger partial charge in [0.1, 0.15) is 0 Å². The second-order valence-corrected chi connectivity index (χ2v) is 5.45. The Hall–Kier alpha value is -0.835. The van der Waals surface area contributed by atoms with E-state index in [9.17, 15) is 9.59 Å². The molecule has 0 unspecified atom stereocenters. The van der Waals surface area contributed by atoms with Gasteiger partial charge in [0.25, 0.3) is 0 Å². The van der Waals surface area contributed by atoms with Crippen molar-refractivity contribution in [2.24, 2.45) is 5.41 Å². The van der Waals surface area contributed by atoms with Gasteiger partial charge in [0.15, 0.2) is 13.8 Å². The minimum Gasteiger partial charge on any atom is -0.362 e. The normalized spacial score (nSPS) is 13.1. The van der Waals surface area contributed by atoms with Crippen LogP contribution in [0.3, 0.4) is 0 Å². The van der Waals surface area contributed by atoms with Gasteiger partial charge in [0, 0.05) is 12.3 Å². The lowest BCUT2D eigenvalue weighted by molar-refractivity contribution is -0.132. The smallest absolute Gasteiger partial charge is 0.217 e. The lowest BCUT2D eigenvalue weighted by atomic mass is 9.80. The second kappa shape index (κ2) is 8.30. The van der Waals surface area contributed by atoms with Crippen LogP contribution in [-0.4, -0.2) is 32.3 Å². The van der Waals surface area contributed by atoms with Crippen molar-refractivity contribution in [3.05, 3.63) is 0 Å². The van der Waals surface area contributed by atoms with Crippen LogP contribution in [0.2, 0.25) is 0 Å². The first-order valence-electron chi connectivity index (χ1n) is 6.81. The number of Topliss-reactive ketones (excluding diaryl/α,β-unsaturated/α-hetero) is 1. The number of hydrogen-bond acceptors (Lipinski definition) is 3. The number of carbonyl (C=O) groups is 2. The number of ketones is 1. The average molecular weight is 254 g/mol. The summed E-state index contributed by atoms with van der Waals surface area (Å²) in [5, 5.41) is 5.87. The molecule has 0 aliphatic rings. The quantitative estimate of drug-likeness (QED) is 0.473. The Labute approximate surface area is 112 Å². The van der Waals surface area contributed by atoms with Crippen molar-refractivity contribution in [2.75, 3.05) is 6.54 Å². The number of unbranched alkanes of at least 4 members (excludes halogenated alkanes) is 1. The minimum absolute atomic E-state index is 0.131. The minimum atomic E-state index is -0.365. The predicted octanol–water partition coefficient (Wildman–Crippen LogP) is 0.804. The summed E-state index contributed by atoms with van der Waals surface area (Å²) in [6, 6.07) is -0.339. The lowest BCUT2D eigenvalue weighted by Crippen LogP contribution is -2.45. The van der Waals surface area contributed by atoms with Crippen molar-refractivity contribution < 1.29 is 9.59 Å². The third-order valence-electron chi connectivity index (χ3n) is 3.41. The van der Waals surface area contributed by atoms with E-state index < -0.39 is 0 Å². The molecule has 0 aromatic carbocycles. The molecule has 0 aromatic rings. The van der Waals surface area contributed by atoms with Gasteiger partial charge in [-0.25, -0.2) is 0 Å². The molecule has 0 radical (unpaired) electrons. The molecule has 0 spiro atoms. The van der Waals surface area contributed by atoms with Crippen LogP contribution < -0.4 is 10.5 Å². The molecule has 1 amide bonds. The summed E-state index contributed by atoms with van der Waals surface area (Å²) < 4.78 is 0. The molecule has 0 fully saturated rings. The Morgan fingerprint density at radius 1 is 1.28 bits per heavy atom. The van der Waals surface area contributed by atoms with Crippen molar-refractivity contribution >= 4 is 19.7 Å². The highest BCUT2D eigenvalue weighted by molar-refractivity contribution is 6.04. The van der Waals surface area contributed by atoms with E-state index in [4.69, 9.17) is 0 Å². The van der Waals surface area contributed by atoms with Gasteiger partial charge < -0.3 is 10.5 Å². The molecular formula is C13H27BN2O2. The number of carbonyl (C=O) groups excluding carboxylic acids is 2. The number of rotatable bonds is 9. The van der Waals surface area contributed by atoms with Crippen molar-refractivity contribution in [1.29, 1.82) is 0 Å². The molecule has 0 bridgehead atoms. The van der Waals surface area contributed by atoms with Gasteiger partial charge in [0.05, 0.1) is 6.04 Å². The van der Waals surface area contributed by atoms with Crippen LogP contribution in [0.1, 0.15) is 53.4 Å². The zero-order valence-electron chi connectivity index (χ0n) is 12.4. The Bertz CT molecular complexity index is 280. The molecule has 104 valence electrons. The van der Waals surface area contributed by atoms with Crippen LogP contribution >= 0.6 is 0 Å². The Kier molecular flexibility index (Phi) is 7.91. The summed E-state index contributed by atoms with van der Waals surface area (Å²) in [6.07, 6.45) is 3.48. The third kappa shape index (κ3) is 6.19. The van der Waals surface area contributed by atoms with E-state index in [1.54, 1.807) is 0 Å². The van der Waals surface area contributed by atoms with E-state index in [2.05, 4.69) is 10.5 Å². The molecule has 0 heterocycles. The van der Waals surface area contributed by atoms with Crippen LogP contribution in [-0.2, 0) is 9.59 Å². The van der Waals surface area contributed by atoms with Crippen LogP contribution in [0.5, 0.6) is 0 Å². The number of hydrogen-bond donors (Lipinski definition) is 2. The van der Waals surface area contributed by atoms with Crippen LogP contribution in [0, 0.1) is 5.41 Å². The zero-order valence-corrected chi connectivity index (χ0v) is 12.4. The van der Waals surface area contributed by atoms with Crippen molar-refractivity contribution in [2.45, 2.75) is 59.4 Å². The Balaban J connectivity index is 4.47. The van der Waals surface area contributed by atoms with Gasteiger partial charge >= 0.3 is 0 Å². The standard InChI is InChI=1S/C13H27BN2O2/c1-5-13(3,4)12(18)11(16-10(2)17)8-6-7-9-15-14/h11,15H,5-9,14H2,1-4H3,(H,16,17)/t11-/m0/s1. The summed E-state index contributed by atoms with van der Waals surface area (Å²) in [5.41, 5.74) is -0.365. The van der Waals surface area contributed by atoms with E-state index in [0.29, 0.717) is 0 Å². The molecule has 0 saturated carbocycles. The SMILES string of the molecule is BNCCCC[C@H](NC(C)=O)C(=O)C(C)(C)CC. The highest BCUT2D eigenvalue weighted by Crippen LogP contribution is 2.24. The summed E-state index contributed by atoms with van der Waals surface area (Å²) >= 11 is 0. The van der Waals surface area contributed by atoms with Gasteiger partial charge in [-0.05, 0) is 32.2 Å². The maximum absolute atomic E-state index is 12.4. The van der Waals surface area contributed by atoms with E-state index in [1.807, 2.05) is 28.8 Å². The largest absolute Gasteiger partial charge is 0.362 e. The summed E-state index contributed by atoms with van der Waals surface area (Å²) in [5.74, 6) is 0.0125. The first-order valence-corrected chi connectivity index (χ1v) is 6.81. The molecule has 0 aliphatic carbocycles. The molecule has 0 rings (SSSR count). The molecule has 18 heavy (non-hydrogen) atoms. The number of amides is 1. The molecule has 0 aromatic heterocycles. The summed E-state index contributed by atoms with van der Waals surface area (Å²) in [7, 11) is 1.91. The molecule has 1 atom stereocenters. The maximum atomic E-state index is 12.4. The Morgan fingerprint density at radius 3 is 2.33 bits per heavy atom. The molecule has 2 N–H and O–H groups in total. The Morgan fingerprint density at radius 2 is 1.89 bits per heavy atom. The van der Waals surface area contributed by atoms with Crippen molar-refractivity contribution in [3.8, 4) is 0 Å². The van der Waals surface area contributed by atoms with Gasteiger partial charge in [-0.1, -0.05) is 20.8 Å². The molecular weight excluding hydrogens is 227 g/mol. The van der Waals surface area contributed by atoms with Crippen LogP contribution in [0.15, 0.2) is 0 Å². The lowest BCUT2D eigenvalue weighted by Gasteiger charge is -2.27. The van der Waals surface area contributed by atoms with E-state index in [0.717, 1.165) is 32.2 Å². The third-order valence-corrected chi connectivity index (χ3v) is 3.41. The van der Waals surface area contributed by atoms with Crippen molar-refractivity contribution in [3.63, 3.8) is 0 Å². The van der Waals surface area contributed by atoms with Gasteiger partial charge in [-0.3, -0.25) is 9.59 Å². The van der Waals surface area contributed by atoms with Gasteiger partial charge in [-0.2, -0.15) is 0 Å². The average Bonchev–Trinajstić information content (AvgIpc) is 2.31. The number of nitrogens with one attached hydrogen (secondary N) is 2. The highest BCUT2D eigenvalue weighted by atomic mass is 16.2. The first-order chi connectivity index (χ1) is 8.35. The molecule has 5 heteroatoms. The molecule has 0 saturated heterocycles. The zero-order chi connectivity index (χ0) is 14.2. The second-order valence-electron chi connectivity index (χ2n) is 5.45. The van der Waals surface area contributed by atoms with Crippen LogP contribution in [0.25, 0.3) is 0 Å². The van der Waals surface area contributed by atoms with E-state index >= 15 is 0 Å². The fourth-order valence-electron chi connectivity index (χ4n) is 1.81. The fourth-order valence-corrected chi connectivity index (χ4v) is 1.81. The van der Waals surface area contributed by atoms with E-state index in [-0.39, 0.29) is 23.1 Å². The monoisotopic (exact) mass is 254 g/mol.